The largest absolute Gasteiger partial charge is 0.492 e. The third kappa shape index (κ3) is 8.60. The van der Waals surface area contributed by atoms with Crippen LogP contribution in [0, 0.1) is 5.92 Å². The molecule has 8 nitrogen and oxygen atoms in total. The van der Waals surface area contributed by atoms with E-state index >= 15 is 0 Å². The second-order valence-electron chi connectivity index (χ2n) is 9.65. The summed E-state index contributed by atoms with van der Waals surface area (Å²) in [5.74, 6) is -0.0253. The lowest BCUT2D eigenvalue weighted by molar-refractivity contribution is -0.132. The molecule has 1 aliphatic rings. The van der Waals surface area contributed by atoms with Crippen LogP contribution in [0.5, 0.6) is 5.75 Å². The number of fused-ring (bicyclic) bond motifs is 1. The van der Waals surface area contributed by atoms with E-state index in [9.17, 15) is 14.4 Å². The minimum atomic E-state index is -0.797. The summed E-state index contributed by atoms with van der Waals surface area (Å²) in [5, 5.41) is 12.0. The summed E-state index contributed by atoms with van der Waals surface area (Å²) in [7, 11) is 0. The van der Waals surface area contributed by atoms with Crippen LogP contribution >= 0.6 is 0 Å². The van der Waals surface area contributed by atoms with Crippen molar-refractivity contribution in [2.75, 3.05) is 19.7 Å². The van der Waals surface area contributed by atoms with Gasteiger partial charge in [-0.05, 0) is 42.9 Å². The Balaban J connectivity index is 1.80. The molecular formula is C29H40N4O4. The van der Waals surface area contributed by atoms with Crippen molar-refractivity contribution in [3.8, 4) is 5.75 Å². The average molecular weight is 509 g/mol. The van der Waals surface area contributed by atoms with E-state index in [4.69, 9.17) is 4.74 Å². The summed E-state index contributed by atoms with van der Waals surface area (Å²) in [6.45, 7) is 7.04. The lowest BCUT2D eigenvalue weighted by atomic mass is 9.98. The summed E-state index contributed by atoms with van der Waals surface area (Å²) in [4.78, 5) is 39.3. The SMILES string of the molecule is CCC(C)[C@@H]1NCCOc2ccccc2CCCNC(=O)[C@@H](Cc2ccccc2)NC(=O)[C@@H](C)NC1=O. The molecule has 1 aliphatic heterocycles. The summed E-state index contributed by atoms with van der Waals surface area (Å²) < 4.78 is 6.03. The molecule has 0 saturated heterocycles. The van der Waals surface area contributed by atoms with Crippen LogP contribution in [0.3, 0.4) is 0 Å². The first-order valence-corrected chi connectivity index (χ1v) is 13.3. The molecule has 3 amide bonds. The molecule has 1 unspecified atom stereocenters. The van der Waals surface area contributed by atoms with Crippen molar-refractivity contribution < 1.29 is 19.1 Å². The number of ether oxygens (including phenoxy) is 1. The molecule has 8 heteroatoms. The normalized spacial score (nSPS) is 23.2. The van der Waals surface area contributed by atoms with E-state index in [0.29, 0.717) is 26.1 Å². The van der Waals surface area contributed by atoms with Crippen LogP contribution in [0.2, 0.25) is 0 Å². The summed E-state index contributed by atoms with van der Waals surface area (Å²) in [6.07, 6.45) is 2.63. The molecule has 4 atom stereocenters. The smallest absolute Gasteiger partial charge is 0.242 e. The second kappa shape index (κ2) is 14.4. The highest BCUT2D eigenvalue weighted by molar-refractivity contribution is 5.93. The van der Waals surface area contributed by atoms with Gasteiger partial charge < -0.3 is 26.0 Å². The molecule has 1 heterocycles. The topological polar surface area (TPSA) is 109 Å². The minimum absolute atomic E-state index is 0.0600. The highest BCUT2D eigenvalue weighted by Crippen LogP contribution is 2.19. The van der Waals surface area contributed by atoms with Gasteiger partial charge in [-0.1, -0.05) is 68.8 Å². The molecule has 200 valence electrons. The zero-order chi connectivity index (χ0) is 26.6. The van der Waals surface area contributed by atoms with E-state index in [1.807, 2.05) is 68.4 Å². The molecular weight excluding hydrogens is 468 g/mol. The fourth-order valence-electron chi connectivity index (χ4n) is 4.35. The van der Waals surface area contributed by atoms with Gasteiger partial charge in [-0.15, -0.1) is 0 Å². The third-order valence-corrected chi connectivity index (χ3v) is 6.78. The summed E-state index contributed by atoms with van der Waals surface area (Å²) in [5.41, 5.74) is 2.01. The predicted molar refractivity (Wildman–Crippen MR) is 144 cm³/mol. The number of carbonyl (C=O) groups excluding carboxylic acids is 3. The van der Waals surface area contributed by atoms with Crippen LogP contribution in [0.1, 0.15) is 44.7 Å². The standard InChI is InChI=1S/C29H40N4O4/c1-4-20(2)26-29(36)32-21(3)27(34)33-24(19-22-11-6-5-7-12-22)28(35)31-16-10-14-23-13-8-9-15-25(23)37-18-17-30-26/h5-9,11-13,15,20-21,24,26,30H,4,10,14,16-19H2,1-3H3,(H,31,35)(H,32,36)(H,33,34)/t20?,21-,24-,26+/m1/s1. The van der Waals surface area contributed by atoms with Gasteiger partial charge in [0, 0.05) is 19.5 Å². The van der Waals surface area contributed by atoms with Gasteiger partial charge in [0.2, 0.25) is 17.7 Å². The van der Waals surface area contributed by atoms with Crippen LogP contribution < -0.4 is 26.0 Å². The third-order valence-electron chi connectivity index (χ3n) is 6.78. The minimum Gasteiger partial charge on any atom is -0.492 e. The first-order chi connectivity index (χ1) is 17.9. The maximum Gasteiger partial charge on any atom is 0.242 e. The highest BCUT2D eigenvalue weighted by atomic mass is 16.5. The van der Waals surface area contributed by atoms with Crippen LogP contribution in [-0.4, -0.2) is 55.5 Å². The van der Waals surface area contributed by atoms with Crippen molar-refractivity contribution in [2.24, 2.45) is 5.92 Å². The number of aryl methyl sites for hydroxylation is 1. The van der Waals surface area contributed by atoms with Gasteiger partial charge >= 0.3 is 0 Å². The number of hydrogen-bond acceptors (Lipinski definition) is 5. The van der Waals surface area contributed by atoms with Crippen molar-refractivity contribution in [1.82, 2.24) is 21.3 Å². The highest BCUT2D eigenvalue weighted by Gasteiger charge is 2.28. The number of benzene rings is 2. The molecule has 2 aromatic carbocycles. The van der Waals surface area contributed by atoms with Crippen molar-refractivity contribution in [3.05, 3.63) is 65.7 Å². The van der Waals surface area contributed by atoms with Crippen molar-refractivity contribution in [3.63, 3.8) is 0 Å². The van der Waals surface area contributed by atoms with Crippen LogP contribution in [0.4, 0.5) is 0 Å². The molecule has 0 fully saturated rings. The van der Waals surface area contributed by atoms with E-state index in [2.05, 4.69) is 21.3 Å². The summed E-state index contributed by atoms with van der Waals surface area (Å²) >= 11 is 0. The number of rotatable bonds is 4. The Kier molecular flexibility index (Phi) is 11.0. The van der Waals surface area contributed by atoms with Crippen LogP contribution in [0.25, 0.3) is 0 Å². The van der Waals surface area contributed by atoms with Crippen molar-refractivity contribution in [1.29, 1.82) is 0 Å². The number of amides is 3. The number of nitrogens with one attached hydrogen (secondary N) is 4. The van der Waals surface area contributed by atoms with Gasteiger partial charge in [-0.2, -0.15) is 0 Å². The predicted octanol–water partition coefficient (Wildman–Crippen LogP) is 2.36. The number of hydrogen-bond donors (Lipinski definition) is 4. The van der Waals surface area contributed by atoms with Gasteiger partial charge in [0.1, 0.15) is 24.4 Å². The van der Waals surface area contributed by atoms with E-state index in [1.54, 1.807) is 6.92 Å². The lowest BCUT2D eigenvalue weighted by Gasteiger charge is -2.26. The molecule has 0 aliphatic carbocycles. The van der Waals surface area contributed by atoms with Crippen LogP contribution in [-0.2, 0) is 27.2 Å². The zero-order valence-electron chi connectivity index (χ0n) is 22.1. The maximum absolute atomic E-state index is 13.1. The van der Waals surface area contributed by atoms with Crippen molar-refractivity contribution in [2.45, 2.75) is 64.6 Å². The molecule has 4 N–H and O–H groups in total. The Morgan fingerprint density at radius 3 is 2.41 bits per heavy atom. The van der Waals surface area contributed by atoms with Gasteiger partial charge in [0.15, 0.2) is 0 Å². The first kappa shape index (κ1) is 28.2. The molecule has 0 aromatic heterocycles. The second-order valence-corrected chi connectivity index (χ2v) is 9.65. The average Bonchev–Trinajstić information content (AvgIpc) is 2.90. The Labute approximate surface area is 219 Å². The van der Waals surface area contributed by atoms with E-state index in [1.165, 1.54) is 0 Å². The molecule has 3 rings (SSSR count). The van der Waals surface area contributed by atoms with E-state index < -0.39 is 24.0 Å². The fourth-order valence-corrected chi connectivity index (χ4v) is 4.35. The van der Waals surface area contributed by atoms with Gasteiger partial charge in [-0.25, -0.2) is 0 Å². The molecule has 37 heavy (non-hydrogen) atoms. The van der Waals surface area contributed by atoms with Gasteiger partial charge in [-0.3, -0.25) is 14.4 Å². The first-order valence-electron chi connectivity index (χ1n) is 13.3. The van der Waals surface area contributed by atoms with E-state index in [-0.39, 0.29) is 17.7 Å². The number of para-hydroxylation sites is 1. The molecule has 2 aromatic rings. The fraction of sp³-hybridized carbons (Fsp3) is 0.483. The van der Waals surface area contributed by atoms with Gasteiger partial charge in [0.25, 0.3) is 0 Å². The molecule has 0 saturated carbocycles. The molecule has 0 radical (unpaired) electrons. The van der Waals surface area contributed by atoms with Gasteiger partial charge in [0.05, 0.1) is 6.04 Å². The number of carbonyl (C=O) groups is 3. The Bertz CT molecular complexity index is 1030. The van der Waals surface area contributed by atoms with Crippen molar-refractivity contribution >= 4 is 17.7 Å². The molecule has 0 spiro atoms. The molecule has 0 bridgehead atoms. The Hall–Kier alpha value is -3.39. The Morgan fingerprint density at radius 1 is 0.919 bits per heavy atom. The van der Waals surface area contributed by atoms with Crippen LogP contribution in [0.15, 0.2) is 54.6 Å². The summed E-state index contributed by atoms with van der Waals surface area (Å²) in [6, 6.07) is 15.4. The Morgan fingerprint density at radius 2 is 1.65 bits per heavy atom. The zero-order valence-corrected chi connectivity index (χ0v) is 22.1. The monoisotopic (exact) mass is 508 g/mol. The maximum atomic E-state index is 13.1. The lowest BCUT2D eigenvalue weighted by Crippen LogP contribution is -2.57. The van der Waals surface area contributed by atoms with E-state index in [0.717, 1.165) is 36.1 Å². The quantitative estimate of drug-likeness (QED) is 0.507.